The zero-order chi connectivity index (χ0) is 18.0. The first-order valence-electron chi connectivity index (χ1n) is 8.28. The maximum Gasteiger partial charge on any atom is 0.254 e. The minimum atomic E-state index is -0.103. The quantitative estimate of drug-likeness (QED) is 0.911. The number of nitrogens with one attached hydrogen (secondary N) is 1. The van der Waals surface area contributed by atoms with Crippen molar-refractivity contribution >= 4 is 5.91 Å². The van der Waals surface area contributed by atoms with Crippen molar-refractivity contribution < 1.29 is 14.3 Å². The van der Waals surface area contributed by atoms with Crippen LogP contribution in [0.2, 0.25) is 0 Å². The number of piperazine rings is 1. The summed E-state index contributed by atoms with van der Waals surface area (Å²) in [6.07, 6.45) is 3.66. The average Bonchev–Trinajstić information content (AvgIpc) is 3.06. The Morgan fingerprint density at radius 3 is 2.64 bits per heavy atom. The molecule has 1 amide bonds. The van der Waals surface area contributed by atoms with E-state index < -0.39 is 0 Å². The van der Waals surface area contributed by atoms with E-state index in [4.69, 9.17) is 9.47 Å². The maximum absolute atomic E-state index is 13.3. The Bertz CT molecular complexity index is 772. The fourth-order valence-corrected chi connectivity index (χ4v) is 3.24. The first-order chi connectivity index (χ1) is 12.1. The summed E-state index contributed by atoms with van der Waals surface area (Å²) >= 11 is 0. The summed E-state index contributed by atoms with van der Waals surface area (Å²) in [5, 5.41) is 3.35. The molecule has 1 aliphatic rings. The molecule has 0 aliphatic carbocycles. The van der Waals surface area contributed by atoms with Crippen LogP contribution in [0, 0.1) is 6.92 Å². The van der Waals surface area contributed by atoms with Gasteiger partial charge < -0.3 is 24.3 Å². The molecule has 1 aliphatic heterocycles. The Balaban J connectivity index is 1.97. The van der Waals surface area contributed by atoms with Crippen LogP contribution < -0.4 is 14.8 Å². The monoisotopic (exact) mass is 344 g/mol. The summed E-state index contributed by atoms with van der Waals surface area (Å²) in [5.41, 5.74) is 1.48. The summed E-state index contributed by atoms with van der Waals surface area (Å²) in [6.45, 7) is 3.99. The van der Waals surface area contributed by atoms with Crippen molar-refractivity contribution in [2.45, 2.75) is 13.0 Å². The molecule has 1 N–H and O–H groups in total. The van der Waals surface area contributed by atoms with E-state index in [1.165, 1.54) is 0 Å². The van der Waals surface area contributed by atoms with Crippen LogP contribution in [0.1, 0.15) is 27.8 Å². The van der Waals surface area contributed by atoms with Crippen LogP contribution in [-0.2, 0) is 7.05 Å². The number of benzene rings is 1. The number of amides is 1. The van der Waals surface area contributed by atoms with Crippen LogP contribution >= 0.6 is 0 Å². The Kier molecular flexibility index (Phi) is 4.94. The van der Waals surface area contributed by atoms with Gasteiger partial charge in [-0.25, -0.2) is 4.98 Å². The molecule has 1 unspecified atom stereocenters. The van der Waals surface area contributed by atoms with Gasteiger partial charge in [-0.2, -0.15) is 0 Å². The van der Waals surface area contributed by atoms with Crippen molar-refractivity contribution in [2.24, 2.45) is 7.05 Å². The maximum atomic E-state index is 13.3. The average molecular weight is 344 g/mol. The van der Waals surface area contributed by atoms with Crippen molar-refractivity contribution in [2.75, 3.05) is 33.9 Å². The number of methoxy groups -OCH3 is 2. The van der Waals surface area contributed by atoms with Gasteiger partial charge in [-0.05, 0) is 24.6 Å². The van der Waals surface area contributed by atoms with Gasteiger partial charge in [0.15, 0.2) is 11.5 Å². The SMILES string of the molecule is COc1cc(C)c(C(=O)N2CCNCC2c2nccn2C)cc1OC. The highest BCUT2D eigenvalue weighted by molar-refractivity contribution is 5.96. The largest absolute Gasteiger partial charge is 0.493 e. The number of imidazole rings is 1. The van der Waals surface area contributed by atoms with Crippen molar-refractivity contribution in [1.82, 2.24) is 19.8 Å². The minimum absolute atomic E-state index is 0.0204. The number of hydrogen-bond acceptors (Lipinski definition) is 5. The van der Waals surface area contributed by atoms with E-state index in [2.05, 4.69) is 10.3 Å². The van der Waals surface area contributed by atoms with E-state index >= 15 is 0 Å². The molecule has 0 radical (unpaired) electrons. The highest BCUT2D eigenvalue weighted by atomic mass is 16.5. The molecule has 1 saturated heterocycles. The number of ether oxygens (including phenoxy) is 2. The first-order valence-corrected chi connectivity index (χ1v) is 8.28. The van der Waals surface area contributed by atoms with Gasteiger partial charge in [-0.3, -0.25) is 4.79 Å². The van der Waals surface area contributed by atoms with E-state index in [0.29, 0.717) is 30.2 Å². The van der Waals surface area contributed by atoms with Crippen LogP contribution in [0.3, 0.4) is 0 Å². The number of aromatic nitrogens is 2. The zero-order valence-electron chi connectivity index (χ0n) is 15.1. The first kappa shape index (κ1) is 17.3. The number of nitrogens with zero attached hydrogens (tertiary/aromatic N) is 3. The summed E-state index contributed by atoms with van der Waals surface area (Å²) < 4.78 is 12.6. The standard InChI is InChI=1S/C18H24N4O3/c1-12-9-15(24-3)16(25-4)10-13(12)18(23)22-8-5-19-11-14(22)17-20-6-7-21(17)2/h6-7,9-10,14,19H,5,8,11H2,1-4H3. The molecule has 0 spiro atoms. The van der Waals surface area contributed by atoms with Crippen molar-refractivity contribution in [3.8, 4) is 11.5 Å². The smallest absolute Gasteiger partial charge is 0.254 e. The fraction of sp³-hybridized carbons (Fsp3) is 0.444. The lowest BCUT2D eigenvalue weighted by Gasteiger charge is -2.36. The third-order valence-electron chi connectivity index (χ3n) is 4.62. The highest BCUT2D eigenvalue weighted by Crippen LogP contribution is 2.32. The molecule has 3 rings (SSSR count). The molecule has 1 aromatic heterocycles. The Morgan fingerprint density at radius 1 is 1.28 bits per heavy atom. The van der Waals surface area contributed by atoms with Crippen LogP contribution in [0.5, 0.6) is 11.5 Å². The minimum Gasteiger partial charge on any atom is -0.493 e. The molecule has 2 heterocycles. The number of hydrogen-bond donors (Lipinski definition) is 1. The van der Waals surface area contributed by atoms with E-state index in [1.807, 2.05) is 35.7 Å². The topological polar surface area (TPSA) is 68.6 Å². The van der Waals surface area contributed by atoms with Crippen LogP contribution in [-0.4, -0.2) is 54.2 Å². The molecule has 134 valence electrons. The molecule has 1 fully saturated rings. The Morgan fingerprint density at radius 2 is 2.00 bits per heavy atom. The van der Waals surface area contributed by atoms with Gasteiger partial charge in [-0.15, -0.1) is 0 Å². The van der Waals surface area contributed by atoms with Gasteiger partial charge >= 0.3 is 0 Å². The van der Waals surface area contributed by atoms with E-state index in [9.17, 15) is 4.79 Å². The van der Waals surface area contributed by atoms with Gasteiger partial charge in [0.2, 0.25) is 0 Å². The summed E-state index contributed by atoms with van der Waals surface area (Å²) in [5.74, 6) is 2.03. The predicted octanol–water partition coefficient (Wildman–Crippen LogP) is 1.53. The molecule has 2 aromatic rings. The summed E-state index contributed by atoms with van der Waals surface area (Å²) in [4.78, 5) is 19.6. The Labute approximate surface area is 147 Å². The highest BCUT2D eigenvalue weighted by Gasteiger charge is 2.32. The lowest BCUT2D eigenvalue weighted by Crippen LogP contribution is -2.49. The third-order valence-corrected chi connectivity index (χ3v) is 4.62. The van der Waals surface area contributed by atoms with Crippen LogP contribution in [0.25, 0.3) is 0 Å². The second kappa shape index (κ2) is 7.14. The van der Waals surface area contributed by atoms with Crippen molar-refractivity contribution in [3.05, 3.63) is 41.5 Å². The van der Waals surface area contributed by atoms with Crippen LogP contribution in [0.15, 0.2) is 24.5 Å². The van der Waals surface area contributed by atoms with Gasteiger partial charge in [0.1, 0.15) is 11.9 Å². The third kappa shape index (κ3) is 3.19. The molecule has 25 heavy (non-hydrogen) atoms. The van der Waals surface area contributed by atoms with E-state index in [-0.39, 0.29) is 11.9 Å². The number of carbonyl (C=O) groups excluding carboxylic acids is 1. The van der Waals surface area contributed by atoms with Crippen LogP contribution in [0.4, 0.5) is 0 Å². The lowest BCUT2D eigenvalue weighted by molar-refractivity contribution is 0.0619. The molecule has 7 heteroatoms. The van der Waals surface area contributed by atoms with Gasteiger partial charge in [0.25, 0.3) is 5.91 Å². The summed E-state index contributed by atoms with van der Waals surface area (Å²) in [6, 6.07) is 3.49. The van der Waals surface area contributed by atoms with Gasteiger partial charge in [-0.1, -0.05) is 0 Å². The molecule has 1 atom stereocenters. The number of aryl methyl sites for hydroxylation is 2. The molecule has 7 nitrogen and oxygen atoms in total. The van der Waals surface area contributed by atoms with Crippen molar-refractivity contribution in [1.29, 1.82) is 0 Å². The lowest BCUT2D eigenvalue weighted by atomic mass is 10.0. The Hall–Kier alpha value is -2.54. The molecular weight excluding hydrogens is 320 g/mol. The van der Waals surface area contributed by atoms with Gasteiger partial charge in [0, 0.05) is 44.6 Å². The fourth-order valence-electron chi connectivity index (χ4n) is 3.24. The molecule has 0 saturated carbocycles. The van der Waals surface area contributed by atoms with Gasteiger partial charge in [0.05, 0.1) is 14.2 Å². The second-order valence-electron chi connectivity index (χ2n) is 6.14. The molecule has 0 bridgehead atoms. The molecule has 1 aromatic carbocycles. The second-order valence-corrected chi connectivity index (χ2v) is 6.14. The predicted molar refractivity (Wildman–Crippen MR) is 94.1 cm³/mol. The zero-order valence-corrected chi connectivity index (χ0v) is 15.1. The van der Waals surface area contributed by atoms with E-state index in [0.717, 1.165) is 17.9 Å². The number of carbonyl (C=O) groups is 1. The summed E-state index contributed by atoms with van der Waals surface area (Å²) in [7, 11) is 5.11. The molecular formula is C18H24N4O3. The normalized spacial score (nSPS) is 17.4. The van der Waals surface area contributed by atoms with Crippen molar-refractivity contribution in [3.63, 3.8) is 0 Å². The van der Waals surface area contributed by atoms with E-state index in [1.54, 1.807) is 26.5 Å². The number of rotatable bonds is 4.